The summed E-state index contributed by atoms with van der Waals surface area (Å²) in [7, 11) is 0. The Labute approximate surface area is 122 Å². The van der Waals surface area contributed by atoms with Crippen LogP contribution in [0.3, 0.4) is 0 Å². The third-order valence-electron chi connectivity index (χ3n) is 3.43. The highest BCUT2D eigenvalue weighted by molar-refractivity contribution is 6.30. The maximum atomic E-state index is 13.6. The fourth-order valence-corrected chi connectivity index (χ4v) is 2.52. The topological polar surface area (TPSA) is 61.4 Å². The van der Waals surface area contributed by atoms with Crippen molar-refractivity contribution in [2.24, 2.45) is 0 Å². The quantitative estimate of drug-likeness (QED) is 0.774. The molecule has 0 atom stereocenters. The van der Waals surface area contributed by atoms with Gasteiger partial charge in [0.2, 0.25) is 5.91 Å². The maximum absolute atomic E-state index is 13.6. The molecule has 2 rings (SSSR count). The van der Waals surface area contributed by atoms with E-state index in [9.17, 15) is 14.3 Å². The highest BCUT2D eigenvalue weighted by Crippen LogP contribution is 2.31. The number of aliphatic hydroxyl groups is 1. The van der Waals surface area contributed by atoms with Crippen molar-refractivity contribution in [1.29, 1.82) is 0 Å². The van der Waals surface area contributed by atoms with E-state index in [1.165, 1.54) is 6.07 Å². The third-order valence-corrected chi connectivity index (χ3v) is 3.72. The van der Waals surface area contributed by atoms with Gasteiger partial charge in [0.25, 0.3) is 0 Å². The molecule has 110 valence electrons. The van der Waals surface area contributed by atoms with E-state index in [0.717, 1.165) is 0 Å². The smallest absolute Gasteiger partial charge is 0.234 e. The van der Waals surface area contributed by atoms with Gasteiger partial charge in [-0.15, -0.1) is 0 Å². The zero-order valence-electron chi connectivity index (χ0n) is 11.2. The maximum Gasteiger partial charge on any atom is 0.234 e. The molecule has 3 N–H and O–H groups in total. The Balaban J connectivity index is 1.71. The van der Waals surface area contributed by atoms with Crippen molar-refractivity contribution in [2.75, 3.05) is 6.54 Å². The molecule has 0 unspecified atom stereocenters. The van der Waals surface area contributed by atoms with E-state index in [1.807, 2.05) is 0 Å². The summed E-state index contributed by atoms with van der Waals surface area (Å²) in [4.78, 5) is 11.6. The molecule has 1 amide bonds. The van der Waals surface area contributed by atoms with Crippen molar-refractivity contribution >= 4 is 17.5 Å². The number of nitrogens with one attached hydrogen (secondary N) is 2. The molecule has 6 heteroatoms. The molecule has 0 saturated heterocycles. The monoisotopic (exact) mass is 300 g/mol. The van der Waals surface area contributed by atoms with Crippen LogP contribution in [0.4, 0.5) is 4.39 Å². The number of hydrogen-bond acceptors (Lipinski definition) is 3. The molecule has 4 nitrogen and oxygen atoms in total. The minimum atomic E-state index is -0.613. The van der Waals surface area contributed by atoms with Crippen molar-refractivity contribution in [1.82, 2.24) is 10.6 Å². The van der Waals surface area contributed by atoms with Crippen molar-refractivity contribution in [3.63, 3.8) is 0 Å². The molecule has 1 aromatic rings. The number of carbonyl (C=O) groups is 1. The summed E-state index contributed by atoms with van der Waals surface area (Å²) >= 11 is 5.66. The first kappa shape index (κ1) is 15.2. The molecule has 20 heavy (non-hydrogen) atoms. The van der Waals surface area contributed by atoms with Crippen molar-refractivity contribution in [3.05, 3.63) is 34.6 Å². The summed E-state index contributed by atoms with van der Waals surface area (Å²) in [5, 5.41) is 15.3. The lowest BCUT2D eigenvalue weighted by Gasteiger charge is -2.41. The number of hydrogen-bond donors (Lipinski definition) is 3. The van der Waals surface area contributed by atoms with Crippen LogP contribution in [0.25, 0.3) is 0 Å². The van der Waals surface area contributed by atoms with Crippen LogP contribution in [0.15, 0.2) is 18.2 Å². The fourth-order valence-electron chi connectivity index (χ4n) is 2.32. The summed E-state index contributed by atoms with van der Waals surface area (Å²) < 4.78 is 13.6. The summed E-state index contributed by atoms with van der Waals surface area (Å²) in [5.41, 5.74) is -0.254. The van der Waals surface area contributed by atoms with Gasteiger partial charge in [-0.2, -0.15) is 0 Å². The molecule has 0 heterocycles. The number of benzene rings is 1. The minimum absolute atomic E-state index is 0.0478. The average molecular weight is 301 g/mol. The van der Waals surface area contributed by atoms with Gasteiger partial charge < -0.3 is 15.7 Å². The van der Waals surface area contributed by atoms with E-state index in [-0.39, 0.29) is 30.1 Å². The van der Waals surface area contributed by atoms with E-state index < -0.39 is 11.4 Å². The Hall–Kier alpha value is -1.17. The van der Waals surface area contributed by atoms with Gasteiger partial charge in [0.1, 0.15) is 5.82 Å². The van der Waals surface area contributed by atoms with Crippen LogP contribution in [0.5, 0.6) is 0 Å². The Bertz CT molecular complexity index is 500. The van der Waals surface area contributed by atoms with Crippen LogP contribution < -0.4 is 10.6 Å². The highest BCUT2D eigenvalue weighted by atomic mass is 35.5. The van der Waals surface area contributed by atoms with Crippen molar-refractivity contribution in [2.45, 2.75) is 38.0 Å². The standard InChI is InChI=1S/C14H18ClFN2O2/c1-14(20)5-10(6-14)17-8-12(19)18-7-9-3-2-4-11(15)13(9)16/h2-4,10,17,20H,5-8H2,1H3,(H,18,19). The van der Waals surface area contributed by atoms with Crippen LogP contribution in [0.1, 0.15) is 25.3 Å². The molecule has 0 spiro atoms. The first-order valence-electron chi connectivity index (χ1n) is 6.53. The van der Waals surface area contributed by atoms with Gasteiger partial charge in [-0.3, -0.25) is 4.79 Å². The lowest BCUT2D eigenvalue weighted by molar-refractivity contribution is -0.121. The summed E-state index contributed by atoms with van der Waals surface area (Å²) in [6, 6.07) is 4.85. The van der Waals surface area contributed by atoms with E-state index in [4.69, 9.17) is 11.6 Å². The number of rotatable bonds is 5. The second-order valence-electron chi connectivity index (χ2n) is 5.47. The minimum Gasteiger partial charge on any atom is -0.390 e. The third kappa shape index (κ3) is 3.91. The Morgan fingerprint density at radius 3 is 2.90 bits per heavy atom. The lowest BCUT2D eigenvalue weighted by atomic mass is 9.77. The van der Waals surface area contributed by atoms with Crippen LogP contribution in [0, 0.1) is 5.82 Å². The molecule has 1 aliphatic carbocycles. The van der Waals surface area contributed by atoms with E-state index >= 15 is 0 Å². The first-order valence-corrected chi connectivity index (χ1v) is 6.90. The van der Waals surface area contributed by atoms with Gasteiger partial charge in [-0.05, 0) is 25.8 Å². The molecule has 0 bridgehead atoms. The Kier molecular flexibility index (Phi) is 4.62. The second-order valence-corrected chi connectivity index (χ2v) is 5.88. The Morgan fingerprint density at radius 2 is 2.25 bits per heavy atom. The van der Waals surface area contributed by atoms with Crippen LogP contribution >= 0.6 is 11.6 Å². The fraction of sp³-hybridized carbons (Fsp3) is 0.500. The molecular weight excluding hydrogens is 283 g/mol. The van der Waals surface area contributed by atoms with Gasteiger partial charge in [0.15, 0.2) is 0 Å². The summed E-state index contributed by atoms with van der Waals surface area (Å²) in [6.45, 7) is 2.03. The number of amides is 1. The number of halogens is 2. The van der Waals surface area contributed by atoms with Gasteiger partial charge in [-0.25, -0.2) is 4.39 Å². The van der Waals surface area contributed by atoms with E-state index in [1.54, 1.807) is 19.1 Å². The molecule has 0 aromatic heterocycles. The van der Waals surface area contributed by atoms with Crippen LogP contribution in [-0.2, 0) is 11.3 Å². The van der Waals surface area contributed by atoms with Crippen LogP contribution in [-0.4, -0.2) is 29.2 Å². The van der Waals surface area contributed by atoms with Crippen molar-refractivity contribution in [3.8, 4) is 0 Å². The molecule has 0 aliphatic heterocycles. The highest BCUT2D eigenvalue weighted by Gasteiger charge is 2.37. The summed E-state index contributed by atoms with van der Waals surface area (Å²) in [5.74, 6) is -0.714. The molecule has 0 radical (unpaired) electrons. The first-order chi connectivity index (χ1) is 9.37. The average Bonchev–Trinajstić information content (AvgIpc) is 2.35. The molecule has 1 aliphatic rings. The van der Waals surface area contributed by atoms with Gasteiger partial charge >= 0.3 is 0 Å². The predicted octanol–water partition coefficient (Wildman–Crippen LogP) is 1.60. The predicted molar refractivity (Wildman–Crippen MR) is 74.9 cm³/mol. The van der Waals surface area contributed by atoms with Crippen LogP contribution in [0.2, 0.25) is 5.02 Å². The summed E-state index contributed by atoms with van der Waals surface area (Å²) in [6.07, 6.45) is 1.28. The zero-order valence-corrected chi connectivity index (χ0v) is 12.0. The molecular formula is C14H18ClFN2O2. The van der Waals surface area contributed by atoms with E-state index in [2.05, 4.69) is 10.6 Å². The number of carbonyl (C=O) groups excluding carboxylic acids is 1. The largest absolute Gasteiger partial charge is 0.390 e. The zero-order chi connectivity index (χ0) is 14.8. The molecule has 1 saturated carbocycles. The molecule has 1 aromatic carbocycles. The SMILES string of the molecule is CC1(O)CC(NCC(=O)NCc2cccc(Cl)c2F)C1. The van der Waals surface area contributed by atoms with Gasteiger partial charge in [0, 0.05) is 18.2 Å². The molecule has 1 fully saturated rings. The van der Waals surface area contributed by atoms with E-state index in [0.29, 0.717) is 18.4 Å². The Morgan fingerprint density at radius 1 is 1.55 bits per heavy atom. The van der Waals surface area contributed by atoms with Crippen molar-refractivity contribution < 1.29 is 14.3 Å². The van der Waals surface area contributed by atoms with Gasteiger partial charge in [0.05, 0.1) is 17.2 Å². The second kappa shape index (κ2) is 6.08. The van der Waals surface area contributed by atoms with Gasteiger partial charge in [-0.1, -0.05) is 23.7 Å². The lowest BCUT2D eigenvalue weighted by Crippen LogP contribution is -2.53. The normalized spacial score (nSPS) is 25.1.